The fraction of sp³-hybridized carbons (Fsp3) is 0.500. The third kappa shape index (κ3) is 2.27. The van der Waals surface area contributed by atoms with Gasteiger partial charge in [-0.05, 0) is 56.4 Å². The lowest BCUT2D eigenvalue weighted by Gasteiger charge is -2.24. The average Bonchev–Trinajstić information content (AvgIpc) is 2.70. The third-order valence-electron chi connectivity index (χ3n) is 4.97. The van der Waals surface area contributed by atoms with Crippen LogP contribution in [0.15, 0.2) is 24.3 Å². The van der Waals surface area contributed by atoms with Crippen LogP contribution < -0.4 is 10.1 Å². The van der Waals surface area contributed by atoms with Gasteiger partial charge in [0.05, 0.1) is 18.5 Å². The van der Waals surface area contributed by atoms with Gasteiger partial charge < -0.3 is 10.1 Å². The van der Waals surface area contributed by atoms with Crippen LogP contribution >= 0.6 is 0 Å². The molecule has 22 heavy (non-hydrogen) atoms. The highest BCUT2D eigenvalue weighted by Gasteiger charge is 2.29. The van der Waals surface area contributed by atoms with Crippen LogP contribution in [0.2, 0.25) is 0 Å². The Morgan fingerprint density at radius 3 is 2.64 bits per heavy atom. The summed E-state index contributed by atoms with van der Waals surface area (Å²) in [6.07, 6.45) is 7.60. The number of fused-ring (bicyclic) bond motifs is 1. The Morgan fingerprint density at radius 1 is 1.14 bits per heavy atom. The zero-order valence-corrected chi connectivity index (χ0v) is 13.1. The summed E-state index contributed by atoms with van der Waals surface area (Å²) < 4.78 is 7.37. The van der Waals surface area contributed by atoms with Crippen LogP contribution in [-0.2, 0) is 6.42 Å². The van der Waals surface area contributed by atoms with E-state index in [1.165, 1.54) is 49.2 Å². The van der Waals surface area contributed by atoms with Crippen LogP contribution in [-0.4, -0.2) is 23.4 Å². The second kappa shape index (κ2) is 5.67. The highest BCUT2D eigenvalue weighted by molar-refractivity contribution is 5.55. The first kappa shape index (κ1) is 13.7. The van der Waals surface area contributed by atoms with Gasteiger partial charge in [0.15, 0.2) is 0 Å². The standard InChI is InChI=1S/C18H23N3O/c1-22-15-10-8-14(9-11-15)21-18-16(7-2-3-12-19-18)17(20-21)13-5-4-6-13/h8-11,13,19H,2-7,12H2,1H3. The minimum atomic E-state index is 0.674. The first-order chi connectivity index (χ1) is 10.9. The van der Waals surface area contributed by atoms with Crippen molar-refractivity contribution in [1.82, 2.24) is 9.78 Å². The van der Waals surface area contributed by atoms with E-state index in [4.69, 9.17) is 9.84 Å². The number of hydrogen-bond acceptors (Lipinski definition) is 3. The molecule has 1 saturated carbocycles. The van der Waals surface area contributed by atoms with Crippen molar-refractivity contribution in [3.63, 3.8) is 0 Å². The lowest BCUT2D eigenvalue weighted by atomic mass is 9.81. The Labute approximate surface area is 131 Å². The number of anilines is 1. The maximum absolute atomic E-state index is 5.26. The van der Waals surface area contributed by atoms with Crippen molar-refractivity contribution < 1.29 is 4.74 Å². The summed E-state index contributed by atoms with van der Waals surface area (Å²) in [6, 6.07) is 8.18. The fourth-order valence-electron chi connectivity index (χ4n) is 3.45. The van der Waals surface area contributed by atoms with Gasteiger partial charge in [-0.25, -0.2) is 4.68 Å². The van der Waals surface area contributed by atoms with Crippen LogP contribution in [0.4, 0.5) is 5.82 Å². The van der Waals surface area contributed by atoms with E-state index >= 15 is 0 Å². The molecule has 0 bridgehead atoms. The van der Waals surface area contributed by atoms with Gasteiger partial charge in [-0.1, -0.05) is 6.42 Å². The van der Waals surface area contributed by atoms with Crippen molar-refractivity contribution in [2.75, 3.05) is 19.0 Å². The summed E-state index contributed by atoms with van der Waals surface area (Å²) in [5, 5.41) is 8.61. The Bertz CT molecular complexity index is 656. The molecule has 0 saturated heterocycles. The topological polar surface area (TPSA) is 39.1 Å². The van der Waals surface area contributed by atoms with E-state index < -0.39 is 0 Å². The fourth-order valence-corrected chi connectivity index (χ4v) is 3.45. The largest absolute Gasteiger partial charge is 0.497 e. The van der Waals surface area contributed by atoms with E-state index in [0.29, 0.717) is 5.92 Å². The molecule has 1 aromatic heterocycles. The van der Waals surface area contributed by atoms with Gasteiger partial charge in [-0.2, -0.15) is 5.10 Å². The predicted molar refractivity (Wildman–Crippen MR) is 88.1 cm³/mol. The molecule has 1 aromatic carbocycles. The molecule has 2 aliphatic rings. The van der Waals surface area contributed by atoms with Gasteiger partial charge in [0.2, 0.25) is 0 Å². The lowest BCUT2D eigenvalue weighted by molar-refractivity contribution is 0.406. The summed E-state index contributed by atoms with van der Waals surface area (Å²) in [4.78, 5) is 0. The normalized spacial score (nSPS) is 18.0. The number of ether oxygens (including phenoxy) is 1. The van der Waals surface area contributed by atoms with Gasteiger partial charge in [-0.15, -0.1) is 0 Å². The molecule has 0 unspecified atom stereocenters. The molecule has 1 aliphatic heterocycles. The third-order valence-corrected chi connectivity index (χ3v) is 4.97. The highest BCUT2D eigenvalue weighted by atomic mass is 16.5. The van der Waals surface area contributed by atoms with E-state index in [1.54, 1.807) is 7.11 Å². The van der Waals surface area contributed by atoms with Gasteiger partial charge in [0.25, 0.3) is 0 Å². The SMILES string of the molecule is COc1ccc(-n2nc(C3CCC3)c3c2NCCCC3)cc1. The molecule has 2 heterocycles. The van der Waals surface area contributed by atoms with Crippen molar-refractivity contribution >= 4 is 5.82 Å². The Morgan fingerprint density at radius 2 is 1.95 bits per heavy atom. The maximum Gasteiger partial charge on any atom is 0.133 e. The van der Waals surface area contributed by atoms with Crippen LogP contribution in [0, 0.1) is 0 Å². The van der Waals surface area contributed by atoms with Crippen molar-refractivity contribution in [1.29, 1.82) is 0 Å². The smallest absolute Gasteiger partial charge is 0.133 e. The summed E-state index contributed by atoms with van der Waals surface area (Å²) in [5.74, 6) is 2.77. The molecule has 1 fully saturated rings. The van der Waals surface area contributed by atoms with E-state index in [2.05, 4.69) is 22.1 Å². The molecular weight excluding hydrogens is 274 g/mol. The molecule has 0 spiro atoms. The van der Waals surface area contributed by atoms with Gasteiger partial charge in [0.1, 0.15) is 11.6 Å². The number of nitrogens with zero attached hydrogens (tertiary/aromatic N) is 2. The Kier molecular flexibility index (Phi) is 3.53. The van der Waals surface area contributed by atoms with E-state index in [9.17, 15) is 0 Å². The zero-order chi connectivity index (χ0) is 14.9. The van der Waals surface area contributed by atoms with Crippen molar-refractivity contribution in [3.8, 4) is 11.4 Å². The molecule has 1 N–H and O–H groups in total. The highest BCUT2D eigenvalue weighted by Crippen LogP contribution is 2.41. The van der Waals surface area contributed by atoms with Gasteiger partial charge in [0, 0.05) is 18.0 Å². The van der Waals surface area contributed by atoms with Gasteiger partial charge >= 0.3 is 0 Å². The van der Waals surface area contributed by atoms with Crippen molar-refractivity contribution in [2.24, 2.45) is 0 Å². The molecule has 4 rings (SSSR count). The molecule has 4 nitrogen and oxygen atoms in total. The molecule has 116 valence electrons. The van der Waals surface area contributed by atoms with Crippen LogP contribution in [0.25, 0.3) is 5.69 Å². The Balaban J connectivity index is 1.78. The molecule has 0 radical (unpaired) electrons. The summed E-state index contributed by atoms with van der Waals surface area (Å²) in [6.45, 7) is 1.04. The average molecular weight is 297 g/mol. The number of aromatic nitrogens is 2. The van der Waals surface area contributed by atoms with Crippen LogP contribution in [0.5, 0.6) is 5.75 Å². The van der Waals surface area contributed by atoms with Gasteiger partial charge in [-0.3, -0.25) is 0 Å². The first-order valence-corrected chi connectivity index (χ1v) is 8.37. The second-order valence-corrected chi connectivity index (χ2v) is 6.33. The molecule has 0 amide bonds. The number of benzene rings is 1. The number of rotatable bonds is 3. The molecule has 0 atom stereocenters. The number of nitrogens with one attached hydrogen (secondary N) is 1. The monoisotopic (exact) mass is 297 g/mol. The van der Waals surface area contributed by atoms with E-state index in [1.807, 2.05) is 12.1 Å². The minimum absolute atomic E-state index is 0.674. The quantitative estimate of drug-likeness (QED) is 0.934. The molecular formula is C18H23N3O. The predicted octanol–water partition coefficient (Wildman–Crippen LogP) is 3.90. The van der Waals surface area contributed by atoms with E-state index in [0.717, 1.165) is 24.4 Å². The summed E-state index contributed by atoms with van der Waals surface area (Å²) in [5.41, 5.74) is 3.90. The van der Waals surface area contributed by atoms with Crippen LogP contribution in [0.3, 0.4) is 0 Å². The van der Waals surface area contributed by atoms with E-state index in [-0.39, 0.29) is 0 Å². The minimum Gasteiger partial charge on any atom is -0.497 e. The Hall–Kier alpha value is -1.97. The molecule has 2 aromatic rings. The zero-order valence-electron chi connectivity index (χ0n) is 13.1. The second-order valence-electron chi connectivity index (χ2n) is 6.33. The summed E-state index contributed by atoms with van der Waals surface area (Å²) >= 11 is 0. The van der Waals surface area contributed by atoms with Crippen molar-refractivity contribution in [2.45, 2.75) is 44.4 Å². The molecule has 4 heteroatoms. The maximum atomic E-state index is 5.26. The summed E-state index contributed by atoms with van der Waals surface area (Å²) in [7, 11) is 1.70. The van der Waals surface area contributed by atoms with Crippen LogP contribution in [0.1, 0.15) is 49.3 Å². The lowest BCUT2D eigenvalue weighted by Crippen LogP contribution is -2.11. The number of methoxy groups -OCH3 is 1. The molecule has 1 aliphatic carbocycles. The first-order valence-electron chi connectivity index (χ1n) is 8.37. The number of hydrogen-bond donors (Lipinski definition) is 1. The van der Waals surface area contributed by atoms with Crippen molar-refractivity contribution in [3.05, 3.63) is 35.5 Å².